The third kappa shape index (κ3) is 2.89. The molecule has 0 aliphatic carbocycles. The summed E-state index contributed by atoms with van der Waals surface area (Å²) >= 11 is 1.33. The van der Waals surface area contributed by atoms with Gasteiger partial charge in [0.05, 0.1) is 10.9 Å². The second-order valence-electron chi connectivity index (χ2n) is 6.32. The molecule has 132 valence electrons. The molecule has 1 atom stereocenters. The number of fused-ring (bicyclic) bond motifs is 1. The van der Waals surface area contributed by atoms with Crippen molar-refractivity contribution in [3.63, 3.8) is 0 Å². The van der Waals surface area contributed by atoms with Crippen LogP contribution in [0.5, 0.6) is 5.88 Å². The third-order valence-corrected chi connectivity index (χ3v) is 5.64. The third-order valence-electron chi connectivity index (χ3n) is 4.57. The fourth-order valence-electron chi connectivity index (χ4n) is 3.41. The van der Waals surface area contributed by atoms with E-state index in [1.54, 1.807) is 13.0 Å². The number of likely N-dealkylation sites (tertiary alicyclic amines) is 1. The smallest absolute Gasteiger partial charge is 0.230 e. The van der Waals surface area contributed by atoms with Crippen LogP contribution < -0.4 is 0 Å². The Hall–Kier alpha value is -2.06. The first kappa shape index (κ1) is 16.4. The summed E-state index contributed by atoms with van der Waals surface area (Å²) in [4.78, 5) is 7.76. The minimum atomic E-state index is -0.880. The van der Waals surface area contributed by atoms with E-state index in [1.165, 1.54) is 21.9 Å². The molecule has 25 heavy (non-hydrogen) atoms. The van der Waals surface area contributed by atoms with Crippen molar-refractivity contribution >= 4 is 16.3 Å². The molecule has 0 radical (unpaired) electrons. The van der Waals surface area contributed by atoms with Crippen LogP contribution >= 0.6 is 11.3 Å². The fourth-order valence-corrected chi connectivity index (χ4v) is 4.58. The highest BCUT2D eigenvalue weighted by Gasteiger charge is 2.30. The average molecular weight is 364 g/mol. The van der Waals surface area contributed by atoms with E-state index in [0.29, 0.717) is 21.2 Å². The topological polar surface area (TPSA) is 53.7 Å². The molecule has 4 rings (SSSR count). The highest BCUT2D eigenvalue weighted by Crippen LogP contribution is 2.41. The summed E-state index contributed by atoms with van der Waals surface area (Å²) in [7, 11) is 0. The highest BCUT2D eigenvalue weighted by atomic mass is 32.1. The first-order chi connectivity index (χ1) is 12.0. The monoisotopic (exact) mass is 364 g/mol. The molecule has 0 unspecified atom stereocenters. The minimum Gasteiger partial charge on any atom is -0.492 e. The number of rotatable bonds is 3. The minimum absolute atomic E-state index is 0.0147. The largest absolute Gasteiger partial charge is 0.492 e. The maximum atomic E-state index is 13.8. The van der Waals surface area contributed by atoms with Crippen LogP contribution in [0.3, 0.4) is 0 Å². The summed E-state index contributed by atoms with van der Waals surface area (Å²) < 4.78 is 28.6. The number of hydrogen-bond donors (Lipinski definition) is 1. The fraction of sp³-hybridized carbons (Fsp3) is 0.412. The summed E-state index contributed by atoms with van der Waals surface area (Å²) in [6, 6.07) is 3.59. The van der Waals surface area contributed by atoms with Gasteiger partial charge in [-0.1, -0.05) is 23.8 Å². The number of benzene rings is 1. The molecular weight excluding hydrogens is 346 g/mol. The maximum absolute atomic E-state index is 13.8. The molecule has 3 heterocycles. The van der Waals surface area contributed by atoms with Gasteiger partial charge < -0.3 is 5.11 Å². The molecule has 2 aromatic heterocycles. The van der Waals surface area contributed by atoms with Gasteiger partial charge in [-0.25, -0.2) is 13.8 Å². The van der Waals surface area contributed by atoms with Gasteiger partial charge in [0.1, 0.15) is 5.82 Å². The zero-order valence-corrected chi connectivity index (χ0v) is 14.6. The van der Waals surface area contributed by atoms with Gasteiger partial charge >= 0.3 is 0 Å². The van der Waals surface area contributed by atoms with Gasteiger partial charge in [-0.15, -0.1) is 5.10 Å². The zero-order valence-electron chi connectivity index (χ0n) is 13.7. The number of nitrogens with zero attached hydrogens (tertiary/aromatic N) is 4. The molecule has 1 aliphatic rings. The van der Waals surface area contributed by atoms with Gasteiger partial charge in [-0.3, -0.25) is 4.90 Å². The first-order valence-electron chi connectivity index (χ1n) is 8.28. The van der Waals surface area contributed by atoms with Crippen molar-refractivity contribution in [1.82, 2.24) is 19.5 Å². The molecule has 1 fully saturated rings. The Labute approximate surface area is 147 Å². The standard InChI is InChI=1S/C17H18F2N4OS/c1-10-20-17-23(21-10)16(24)15(25-17)14(22-7-3-2-4-8-22)11-5-6-12(18)13(19)9-11/h5-6,9,14,24H,2-4,7-8H2,1H3/t14-/m1/s1. The van der Waals surface area contributed by atoms with Crippen molar-refractivity contribution in [3.05, 3.63) is 46.1 Å². The van der Waals surface area contributed by atoms with E-state index < -0.39 is 11.6 Å². The normalized spacial score (nSPS) is 17.2. The van der Waals surface area contributed by atoms with Gasteiger partial charge in [0.25, 0.3) is 0 Å². The van der Waals surface area contributed by atoms with E-state index in [1.807, 2.05) is 0 Å². The lowest BCUT2D eigenvalue weighted by Crippen LogP contribution is -2.34. The van der Waals surface area contributed by atoms with Crippen molar-refractivity contribution in [2.75, 3.05) is 13.1 Å². The van der Waals surface area contributed by atoms with Crippen LogP contribution in [0.2, 0.25) is 0 Å². The lowest BCUT2D eigenvalue weighted by Gasteiger charge is -2.34. The molecule has 0 spiro atoms. The summed E-state index contributed by atoms with van der Waals surface area (Å²) in [5.74, 6) is -1.16. The Morgan fingerprint density at radius 2 is 1.92 bits per heavy atom. The summed E-state index contributed by atoms with van der Waals surface area (Å²) in [6.45, 7) is 3.45. The van der Waals surface area contributed by atoms with E-state index in [-0.39, 0.29) is 11.9 Å². The van der Waals surface area contributed by atoms with E-state index in [4.69, 9.17) is 0 Å². The van der Waals surface area contributed by atoms with Gasteiger partial charge in [0.15, 0.2) is 11.6 Å². The average Bonchev–Trinajstić information content (AvgIpc) is 3.10. The van der Waals surface area contributed by atoms with Crippen LogP contribution in [0.25, 0.3) is 4.96 Å². The number of halogens is 2. The van der Waals surface area contributed by atoms with Crippen LogP contribution in [0.15, 0.2) is 18.2 Å². The van der Waals surface area contributed by atoms with Gasteiger partial charge in [0.2, 0.25) is 10.8 Å². The number of hydrogen-bond acceptors (Lipinski definition) is 5. The SMILES string of the molecule is Cc1nc2sc([C@@H](c3ccc(F)c(F)c3)N3CCCCC3)c(O)n2n1. The van der Waals surface area contributed by atoms with Crippen LogP contribution in [0.1, 0.15) is 41.6 Å². The molecule has 0 bridgehead atoms. The van der Waals surface area contributed by atoms with E-state index in [2.05, 4.69) is 15.0 Å². The van der Waals surface area contributed by atoms with E-state index in [9.17, 15) is 13.9 Å². The quantitative estimate of drug-likeness (QED) is 0.771. The molecule has 8 heteroatoms. The van der Waals surface area contributed by atoms with Crippen molar-refractivity contribution in [1.29, 1.82) is 0 Å². The Morgan fingerprint density at radius 3 is 2.60 bits per heavy atom. The highest BCUT2D eigenvalue weighted by molar-refractivity contribution is 7.17. The summed E-state index contributed by atoms with van der Waals surface area (Å²) in [6.07, 6.45) is 3.24. The molecule has 1 saturated heterocycles. The first-order valence-corrected chi connectivity index (χ1v) is 9.10. The van der Waals surface area contributed by atoms with Gasteiger partial charge in [-0.2, -0.15) is 4.52 Å². The van der Waals surface area contributed by atoms with Crippen molar-refractivity contribution in [2.24, 2.45) is 0 Å². The lowest BCUT2D eigenvalue weighted by atomic mass is 10.00. The molecule has 1 aromatic carbocycles. The number of aromatic hydroxyl groups is 1. The summed E-state index contributed by atoms with van der Waals surface area (Å²) in [5.41, 5.74) is 0.623. The van der Waals surface area contributed by atoms with Crippen LogP contribution in [-0.2, 0) is 0 Å². The summed E-state index contributed by atoms with van der Waals surface area (Å²) in [5, 5.41) is 14.9. The zero-order chi connectivity index (χ0) is 17.6. The van der Waals surface area contributed by atoms with Crippen LogP contribution in [-0.4, -0.2) is 37.7 Å². The maximum Gasteiger partial charge on any atom is 0.230 e. The second-order valence-corrected chi connectivity index (χ2v) is 7.33. The number of aromatic nitrogens is 3. The molecule has 1 N–H and O–H groups in total. The Morgan fingerprint density at radius 1 is 1.16 bits per heavy atom. The second kappa shape index (κ2) is 6.34. The number of piperidine rings is 1. The number of aryl methyl sites for hydroxylation is 1. The van der Waals surface area contributed by atoms with E-state index >= 15 is 0 Å². The van der Waals surface area contributed by atoms with Gasteiger partial charge in [-0.05, 0) is 50.6 Å². The van der Waals surface area contributed by atoms with E-state index in [0.717, 1.165) is 38.4 Å². The Bertz CT molecular complexity index is 917. The Balaban J connectivity index is 1.84. The molecule has 1 aliphatic heterocycles. The lowest BCUT2D eigenvalue weighted by molar-refractivity contribution is 0.186. The predicted molar refractivity (Wildman–Crippen MR) is 90.9 cm³/mol. The van der Waals surface area contributed by atoms with Crippen molar-refractivity contribution in [2.45, 2.75) is 32.2 Å². The number of thiazole rings is 1. The van der Waals surface area contributed by atoms with Crippen LogP contribution in [0, 0.1) is 18.6 Å². The van der Waals surface area contributed by atoms with Crippen molar-refractivity contribution < 1.29 is 13.9 Å². The molecule has 3 aromatic rings. The molecule has 5 nitrogen and oxygen atoms in total. The molecule has 0 saturated carbocycles. The van der Waals surface area contributed by atoms with Gasteiger partial charge in [0, 0.05) is 0 Å². The molecule has 0 amide bonds. The Kier molecular flexibility index (Phi) is 4.16. The predicted octanol–water partition coefficient (Wildman–Crippen LogP) is 3.66. The van der Waals surface area contributed by atoms with Crippen LogP contribution in [0.4, 0.5) is 8.78 Å². The molecular formula is C17H18F2N4OS. The van der Waals surface area contributed by atoms with Crippen molar-refractivity contribution in [3.8, 4) is 5.88 Å².